The van der Waals surface area contributed by atoms with Crippen LogP contribution in [0.25, 0.3) is 10.9 Å². The van der Waals surface area contributed by atoms with Crippen molar-refractivity contribution in [3.8, 4) is 0 Å². The first-order valence-electron chi connectivity index (χ1n) is 8.88. The van der Waals surface area contributed by atoms with Crippen LogP contribution in [-0.2, 0) is 11.2 Å². The summed E-state index contributed by atoms with van der Waals surface area (Å²) in [6.07, 6.45) is 5.27. The van der Waals surface area contributed by atoms with Gasteiger partial charge in [-0.3, -0.25) is 9.59 Å². The van der Waals surface area contributed by atoms with E-state index < -0.39 is 0 Å². The molecular weight excluding hydrogens is 330 g/mol. The van der Waals surface area contributed by atoms with Crippen LogP contribution in [0, 0.1) is 0 Å². The van der Waals surface area contributed by atoms with Crippen molar-refractivity contribution in [2.45, 2.75) is 25.3 Å². The molecule has 26 heavy (non-hydrogen) atoms. The molecule has 1 fully saturated rings. The Bertz CT molecular complexity index is 905. The largest absolute Gasteiger partial charge is 0.459 e. The molecule has 1 aromatic carbocycles. The molecule has 0 bridgehead atoms. The van der Waals surface area contributed by atoms with E-state index in [0.29, 0.717) is 25.3 Å². The van der Waals surface area contributed by atoms with Gasteiger partial charge in [0.15, 0.2) is 5.76 Å². The monoisotopic (exact) mass is 351 g/mol. The fourth-order valence-electron chi connectivity index (χ4n) is 3.51. The van der Waals surface area contributed by atoms with Crippen LogP contribution in [0.3, 0.4) is 0 Å². The number of nitrogens with one attached hydrogen (secondary N) is 2. The van der Waals surface area contributed by atoms with E-state index in [1.165, 1.54) is 6.26 Å². The van der Waals surface area contributed by atoms with Crippen LogP contribution >= 0.6 is 0 Å². The van der Waals surface area contributed by atoms with E-state index in [9.17, 15) is 9.59 Å². The molecule has 6 heteroatoms. The van der Waals surface area contributed by atoms with E-state index in [2.05, 4.69) is 10.3 Å². The maximum absolute atomic E-state index is 12.4. The lowest BCUT2D eigenvalue weighted by Gasteiger charge is -2.31. The summed E-state index contributed by atoms with van der Waals surface area (Å²) >= 11 is 0. The van der Waals surface area contributed by atoms with Crippen LogP contribution in [-0.4, -0.2) is 40.8 Å². The van der Waals surface area contributed by atoms with Crippen LogP contribution in [0.15, 0.2) is 53.3 Å². The number of benzene rings is 1. The maximum atomic E-state index is 12.4. The molecule has 0 spiro atoms. The van der Waals surface area contributed by atoms with Crippen molar-refractivity contribution in [3.05, 3.63) is 60.2 Å². The molecule has 0 saturated carbocycles. The first-order valence-corrected chi connectivity index (χ1v) is 8.88. The van der Waals surface area contributed by atoms with E-state index in [-0.39, 0.29) is 17.9 Å². The standard InChI is InChI=1S/C20H21N3O3/c24-19(12-14-13-21-17-5-2-1-4-16(14)17)22-15-7-9-23(10-8-15)20(25)18-6-3-11-26-18/h1-6,11,13,15,21H,7-10,12H2,(H,22,24). The first-order chi connectivity index (χ1) is 12.7. The van der Waals surface area contributed by atoms with Gasteiger partial charge in [0.1, 0.15) is 0 Å². The molecule has 134 valence electrons. The Morgan fingerprint density at radius 3 is 2.73 bits per heavy atom. The maximum Gasteiger partial charge on any atom is 0.289 e. The Labute approximate surface area is 151 Å². The summed E-state index contributed by atoms with van der Waals surface area (Å²) in [5.74, 6) is 0.302. The van der Waals surface area contributed by atoms with Crippen LogP contribution in [0.1, 0.15) is 29.0 Å². The van der Waals surface area contributed by atoms with Crippen molar-refractivity contribution in [3.63, 3.8) is 0 Å². The third-order valence-corrected chi connectivity index (χ3v) is 4.91. The van der Waals surface area contributed by atoms with Gasteiger partial charge in [0.05, 0.1) is 12.7 Å². The highest BCUT2D eigenvalue weighted by Gasteiger charge is 2.25. The van der Waals surface area contributed by atoms with E-state index in [0.717, 1.165) is 29.3 Å². The van der Waals surface area contributed by atoms with Gasteiger partial charge in [0.2, 0.25) is 5.91 Å². The zero-order valence-electron chi connectivity index (χ0n) is 14.4. The quantitative estimate of drug-likeness (QED) is 0.759. The topological polar surface area (TPSA) is 78.3 Å². The van der Waals surface area contributed by atoms with Crippen molar-refractivity contribution in [2.75, 3.05) is 13.1 Å². The highest BCUT2D eigenvalue weighted by Crippen LogP contribution is 2.19. The molecule has 3 aromatic rings. The summed E-state index contributed by atoms with van der Waals surface area (Å²) in [6.45, 7) is 1.25. The number of rotatable bonds is 4. The summed E-state index contributed by atoms with van der Waals surface area (Å²) in [6, 6.07) is 11.5. The van der Waals surface area contributed by atoms with Crippen molar-refractivity contribution >= 4 is 22.7 Å². The number of para-hydroxylation sites is 1. The molecule has 0 radical (unpaired) electrons. The zero-order valence-corrected chi connectivity index (χ0v) is 14.4. The van der Waals surface area contributed by atoms with Gasteiger partial charge in [-0.2, -0.15) is 0 Å². The molecule has 6 nitrogen and oxygen atoms in total. The average Bonchev–Trinajstić information content (AvgIpc) is 3.32. The number of furan rings is 1. The van der Waals surface area contributed by atoms with Crippen molar-refractivity contribution in [1.82, 2.24) is 15.2 Å². The highest BCUT2D eigenvalue weighted by atomic mass is 16.3. The van der Waals surface area contributed by atoms with E-state index >= 15 is 0 Å². The van der Waals surface area contributed by atoms with Crippen LogP contribution in [0.5, 0.6) is 0 Å². The zero-order chi connectivity index (χ0) is 17.9. The molecule has 1 aliphatic rings. The van der Waals surface area contributed by atoms with Gasteiger partial charge < -0.3 is 19.6 Å². The van der Waals surface area contributed by atoms with Crippen LogP contribution < -0.4 is 5.32 Å². The Kier molecular flexibility index (Phi) is 4.48. The summed E-state index contributed by atoms with van der Waals surface area (Å²) in [5, 5.41) is 4.19. The predicted octanol–water partition coefficient (Wildman–Crippen LogP) is 2.72. The minimum Gasteiger partial charge on any atom is -0.459 e. The molecule has 2 amide bonds. The number of amides is 2. The second-order valence-electron chi connectivity index (χ2n) is 6.65. The molecule has 2 aromatic heterocycles. The van der Waals surface area contributed by atoms with Crippen LogP contribution in [0.4, 0.5) is 0 Å². The third-order valence-electron chi connectivity index (χ3n) is 4.91. The second-order valence-corrected chi connectivity index (χ2v) is 6.65. The second kappa shape index (κ2) is 7.07. The third kappa shape index (κ3) is 3.35. The smallest absolute Gasteiger partial charge is 0.289 e. The number of nitrogens with zero attached hydrogens (tertiary/aromatic N) is 1. The van der Waals surface area contributed by atoms with E-state index in [1.54, 1.807) is 17.0 Å². The molecular formula is C20H21N3O3. The van der Waals surface area contributed by atoms with Gasteiger partial charge in [-0.25, -0.2) is 0 Å². The number of aromatic nitrogens is 1. The number of hydrogen-bond acceptors (Lipinski definition) is 3. The lowest BCUT2D eigenvalue weighted by atomic mass is 10.0. The van der Waals surface area contributed by atoms with Crippen molar-refractivity contribution in [2.24, 2.45) is 0 Å². The Balaban J connectivity index is 1.30. The molecule has 0 atom stereocenters. The number of piperidine rings is 1. The highest BCUT2D eigenvalue weighted by molar-refractivity contribution is 5.91. The minimum absolute atomic E-state index is 0.0190. The number of carbonyl (C=O) groups is 2. The molecule has 1 aliphatic heterocycles. The van der Waals surface area contributed by atoms with Gasteiger partial charge in [-0.1, -0.05) is 18.2 Å². The predicted molar refractivity (Wildman–Crippen MR) is 97.8 cm³/mol. The average molecular weight is 351 g/mol. The number of H-pyrrole nitrogens is 1. The van der Waals surface area contributed by atoms with Crippen molar-refractivity contribution in [1.29, 1.82) is 0 Å². The SMILES string of the molecule is O=C(Cc1c[nH]c2ccccc12)NC1CCN(C(=O)c2ccco2)CC1. The summed E-state index contributed by atoms with van der Waals surface area (Å²) in [4.78, 5) is 29.6. The normalized spacial score (nSPS) is 15.3. The van der Waals surface area contributed by atoms with Gasteiger partial charge in [-0.05, 0) is 36.6 Å². The van der Waals surface area contributed by atoms with Gasteiger partial charge in [-0.15, -0.1) is 0 Å². The molecule has 3 heterocycles. The Morgan fingerprint density at radius 1 is 1.15 bits per heavy atom. The van der Waals surface area contributed by atoms with Gasteiger partial charge in [0.25, 0.3) is 5.91 Å². The molecule has 4 rings (SSSR count). The number of carbonyl (C=O) groups excluding carboxylic acids is 2. The summed E-state index contributed by atoms with van der Waals surface area (Å²) in [5.41, 5.74) is 2.04. The number of fused-ring (bicyclic) bond motifs is 1. The van der Waals surface area contributed by atoms with E-state index in [1.807, 2.05) is 30.5 Å². The lowest BCUT2D eigenvalue weighted by Crippen LogP contribution is -2.46. The van der Waals surface area contributed by atoms with Gasteiger partial charge in [0, 0.05) is 36.2 Å². The Hall–Kier alpha value is -3.02. The fourth-order valence-corrected chi connectivity index (χ4v) is 3.51. The minimum atomic E-state index is -0.0847. The molecule has 0 aliphatic carbocycles. The summed E-state index contributed by atoms with van der Waals surface area (Å²) in [7, 11) is 0. The molecule has 0 unspecified atom stereocenters. The molecule has 1 saturated heterocycles. The Morgan fingerprint density at radius 2 is 1.96 bits per heavy atom. The first kappa shape index (κ1) is 16.4. The van der Waals surface area contributed by atoms with Crippen LogP contribution in [0.2, 0.25) is 0 Å². The number of likely N-dealkylation sites (tertiary alicyclic amines) is 1. The van der Waals surface area contributed by atoms with E-state index in [4.69, 9.17) is 4.42 Å². The molecule has 2 N–H and O–H groups in total. The number of hydrogen-bond donors (Lipinski definition) is 2. The lowest BCUT2D eigenvalue weighted by molar-refractivity contribution is -0.121. The summed E-state index contributed by atoms with van der Waals surface area (Å²) < 4.78 is 5.17. The van der Waals surface area contributed by atoms with Crippen molar-refractivity contribution < 1.29 is 14.0 Å². The fraction of sp³-hybridized carbons (Fsp3) is 0.300. The number of aromatic amines is 1. The van der Waals surface area contributed by atoms with Gasteiger partial charge >= 0.3 is 0 Å².